The Hall–Kier alpha value is 0.330. The van der Waals surface area contributed by atoms with Crippen LogP contribution < -0.4 is 0 Å². The SMILES string of the molecule is C=CCCCC[C@@H](I)C(F)(F)CC. The van der Waals surface area contributed by atoms with E-state index in [-0.39, 0.29) is 6.42 Å². The molecule has 0 aromatic heterocycles. The van der Waals surface area contributed by atoms with Crippen LogP contribution in [-0.2, 0) is 0 Å². The summed E-state index contributed by atoms with van der Waals surface area (Å²) in [6.07, 6.45) is 5.16. The van der Waals surface area contributed by atoms with E-state index in [9.17, 15) is 8.78 Å². The van der Waals surface area contributed by atoms with Crippen LogP contribution in [0.3, 0.4) is 0 Å². The number of hydrogen-bond donors (Lipinski definition) is 0. The zero-order chi connectivity index (χ0) is 10.3. The monoisotopic (exact) mass is 302 g/mol. The van der Waals surface area contributed by atoms with Crippen molar-refractivity contribution in [2.45, 2.75) is 48.9 Å². The quantitative estimate of drug-likeness (QED) is 0.279. The Morgan fingerprint density at radius 2 is 2.08 bits per heavy atom. The summed E-state index contributed by atoms with van der Waals surface area (Å²) in [5.41, 5.74) is 0. The minimum absolute atomic E-state index is 0.0535. The van der Waals surface area contributed by atoms with Gasteiger partial charge in [0, 0.05) is 6.42 Å². The molecule has 0 aliphatic carbocycles. The zero-order valence-electron chi connectivity index (χ0n) is 8.03. The molecule has 3 heteroatoms. The lowest BCUT2D eigenvalue weighted by Crippen LogP contribution is -2.27. The van der Waals surface area contributed by atoms with Gasteiger partial charge >= 0.3 is 0 Å². The minimum Gasteiger partial charge on any atom is -0.206 e. The molecular weight excluding hydrogens is 285 g/mol. The molecule has 0 unspecified atom stereocenters. The van der Waals surface area contributed by atoms with E-state index >= 15 is 0 Å². The summed E-state index contributed by atoms with van der Waals surface area (Å²) < 4.78 is 25.5. The van der Waals surface area contributed by atoms with Crippen molar-refractivity contribution in [2.24, 2.45) is 0 Å². The van der Waals surface area contributed by atoms with Crippen LogP contribution in [-0.4, -0.2) is 9.85 Å². The Labute approximate surface area is 92.9 Å². The molecule has 0 amide bonds. The van der Waals surface area contributed by atoms with Crippen molar-refractivity contribution in [1.82, 2.24) is 0 Å². The maximum atomic E-state index is 13.0. The molecule has 0 aromatic carbocycles. The molecule has 0 spiro atoms. The lowest BCUT2D eigenvalue weighted by molar-refractivity contribution is -0.00236. The van der Waals surface area contributed by atoms with Gasteiger partial charge in [-0.05, 0) is 19.3 Å². The first-order valence-electron chi connectivity index (χ1n) is 4.67. The van der Waals surface area contributed by atoms with E-state index in [4.69, 9.17) is 0 Å². The van der Waals surface area contributed by atoms with Crippen LogP contribution in [0.2, 0.25) is 0 Å². The third-order valence-electron chi connectivity index (χ3n) is 2.05. The average Bonchev–Trinajstić information content (AvgIpc) is 2.12. The fourth-order valence-electron chi connectivity index (χ4n) is 1.04. The molecule has 0 rings (SSSR count). The van der Waals surface area contributed by atoms with E-state index in [0.29, 0.717) is 6.42 Å². The van der Waals surface area contributed by atoms with Crippen molar-refractivity contribution < 1.29 is 8.78 Å². The molecule has 0 aromatic rings. The fourth-order valence-corrected chi connectivity index (χ4v) is 1.93. The van der Waals surface area contributed by atoms with E-state index < -0.39 is 9.85 Å². The van der Waals surface area contributed by atoms with Gasteiger partial charge in [-0.15, -0.1) is 6.58 Å². The molecule has 0 heterocycles. The molecule has 0 saturated carbocycles. The Bertz CT molecular complexity index is 146. The van der Waals surface area contributed by atoms with Crippen LogP contribution in [0.25, 0.3) is 0 Å². The maximum absolute atomic E-state index is 13.0. The average molecular weight is 302 g/mol. The summed E-state index contributed by atoms with van der Waals surface area (Å²) >= 11 is 1.86. The van der Waals surface area contributed by atoms with E-state index in [1.54, 1.807) is 0 Å². The van der Waals surface area contributed by atoms with Gasteiger partial charge in [-0.3, -0.25) is 0 Å². The van der Waals surface area contributed by atoms with Gasteiger partial charge in [0.15, 0.2) is 0 Å². The molecule has 0 aliphatic rings. The lowest BCUT2D eigenvalue weighted by Gasteiger charge is -2.20. The number of rotatable bonds is 7. The standard InChI is InChI=1S/C10H17F2I/c1-3-5-6-7-8-9(13)10(11,12)4-2/h3,9H,1,4-8H2,2H3/t9-/m1/s1. The second-order valence-electron chi connectivity index (χ2n) is 3.16. The number of hydrogen-bond acceptors (Lipinski definition) is 0. The second-order valence-corrected chi connectivity index (χ2v) is 4.66. The molecule has 78 valence electrons. The van der Waals surface area contributed by atoms with Crippen LogP contribution in [0.15, 0.2) is 12.7 Å². The van der Waals surface area contributed by atoms with Gasteiger partial charge in [0.05, 0.1) is 3.92 Å². The highest BCUT2D eigenvalue weighted by Gasteiger charge is 2.34. The second kappa shape index (κ2) is 6.74. The van der Waals surface area contributed by atoms with Crippen LogP contribution in [0, 0.1) is 0 Å². The topological polar surface area (TPSA) is 0 Å². The zero-order valence-corrected chi connectivity index (χ0v) is 10.2. The Kier molecular flexibility index (Phi) is 6.91. The van der Waals surface area contributed by atoms with Crippen molar-refractivity contribution in [1.29, 1.82) is 0 Å². The summed E-state index contributed by atoms with van der Waals surface area (Å²) in [5, 5.41) is 0. The highest BCUT2D eigenvalue weighted by atomic mass is 127. The number of unbranched alkanes of at least 4 members (excludes halogenated alkanes) is 2. The predicted molar refractivity (Wildman–Crippen MR) is 61.7 cm³/mol. The molecule has 1 atom stereocenters. The molecule has 0 nitrogen and oxygen atoms in total. The Balaban J connectivity index is 3.61. The third-order valence-corrected chi connectivity index (χ3v) is 3.58. The molecule has 0 aliphatic heterocycles. The molecule has 13 heavy (non-hydrogen) atoms. The smallest absolute Gasteiger partial charge is 0.206 e. The number of halogens is 3. The molecule has 0 fully saturated rings. The Morgan fingerprint density at radius 3 is 2.54 bits per heavy atom. The van der Waals surface area contributed by atoms with E-state index in [1.165, 1.54) is 6.92 Å². The first kappa shape index (κ1) is 13.3. The van der Waals surface area contributed by atoms with E-state index in [1.807, 2.05) is 28.7 Å². The van der Waals surface area contributed by atoms with Gasteiger partial charge in [-0.2, -0.15) is 0 Å². The third kappa shape index (κ3) is 5.60. The van der Waals surface area contributed by atoms with Gasteiger partial charge in [0.25, 0.3) is 5.92 Å². The van der Waals surface area contributed by atoms with Crippen LogP contribution in [0.1, 0.15) is 39.0 Å². The normalized spacial score (nSPS) is 14.2. The van der Waals surface area contributed by atoms with Crippen molar-refractivity contribution >= 4 is 22.6 Å². The van der Waals surface area contributed by atoms with Crippen LogP contribution in [0.4, 0.5) is 8.78 Å². The molecule has 0 saturated heterocycles. The van der Waals surface area contributed by atoms with Gasteiger partial charge in [-0.1, -0.05) is 42.0 Å². The van der Waals surface area contributed by atoms with Gasteiger partial charge in [-0.25, -0.2) is 8.78 Å². The summed E-state index contributed by atoms with van der Waals surface area (Å²) in [7, 11) is 0. The summed E-state index contributed by atoms with van der Waals surface area (Å²) in [6.45, 7) is 5.13. The van der Waals surface area contributed by atoms with Crippen molar-refractivity contribution in [2.75, 3.05) is 0 Å². The molecular formula is C10H17F2I. The first-order chi connectivity index (χ1) is 6.04. The van der Waals surface area contributed by atoms with E-state index in [0.717, 1.165) is 19.3 Å². The Morgan fingerprint density at radius 1 is 1.46 bits per heavy atom. The van der Waals surface area contributed by atoms with E-state index in [2.05, 4.69) is 6.58 Å². The van der Waals surface area contributed by atoms with Gasteiger partial charge < -0.3 is 0 Å². The van der Waals surface area contributed by atoms with Gasteiger partial charge in [0.2, 0.25) is 0 Å². The number of alkyl halides is 3. The highest BCUT2D eigenvalue weighted by molar-refractivity contribution is 14.1. The maximum Gasteiger partial charge on any atom is 0.259 e. The molecule has 0 bridgehead atoms. The largest absolute Gasteiger partial charge is 0.259 e. The summed E-state index contributed by atoms with van der Waals surface area (Å²) in [5.74, 6) is -2.49. The molecule has 0 radical (unpaired) electrons. The molecule has 0 N–H and O–H groups in total. The highest BCUT2D eigenvalue weighted by Crippen LogP contribution is 2.32. The van der Waals surface area contributed by atoms with Crippen LogP contribution >= 0.6 is 22.6 Å². The lowest BCUT2D eigenvalue weighted by atomic mass is 10.1. The van der Waals surface area contributed by atoms with Gasteiger partial charge in [0.1, 0.15) is 0 Å². The van der Waals surface area contributed by atoms with Crippen molar-refractivity contribution in [3.8, 4) is 0 Å². The van der Waals surface area contributed by atoms with Crippen molar-refractivity contribution in [3.05, 3.63) is 12.7 Å². The van der Waals surface area contributed by atoms with Crippen molar-refractivity contribution in [3.63, 3.8) is 0 Å². The predicted octanol–water partition coefficient (Wildman–Crippen LogP) is 4.58. The number of allylic oxidation sites excluding steroid dienone is 1. The first-order valence-corrected chi connectivity index (χ1v) is 5.92. The minimum atomic E-state index is -2.49. The fraction of sp³-hybridized carbons (Fsp3) is 0.800. The van der Waals surface area contributed by atoms with Crippen LogP contribution in [0.5, 0.6) is 0 Å². The summed E-state index contributed by atoms with van der Waals surface area (Å²) in [6, 6.07) is 0. The summed E-state index contributed by atoms with van der Waals surface area (Å²) in [4.78, 5) is 0.